The molecule has 0 aliphatic carbocycles. The van der Waals surface area contributed by atoms with Crippen molar-refractivity contribution >= 4 is 11.0 Å². The fourth-order valence-electron chi connectivity index (χ4n) is 1.47. The highest BCUT2D eigenvalue weighted by molar-refractivity contribution is 5.83. The van der Waals surface area contributed by atoms with E-state index in [4.69, 9.17) is 9.15 Å². The maximum absolute atomic E-state index is 11.5. The standard InChI is InChI=1S/C11H10O3/c1-7-5-9(13-2)11-8(12)3-4-14-10(11)6-7/h3-6H,1-2H3. The van der Waals surface area contributed by atoms with E-state index in [0.29, 0.717) is 16.7 Å². The summed E-state index contributed by atoms with van der Waals surface area (Å²) in [5, 5.41) is 0.501. The topological polar surface area (TPSA) is 39.4 Å². The number of fused-ring (bicyclic) bond motifs is 1. The maximum atomic E-state index is 11.5. The van der Waals surface area contributed by atoms with E-state index in [1.807, 2.05) is 19.1 Å². The largest absolute Gasteiger partial charge is 0.496 e. The average molecular weight is 190 g/mol. The van der Waals surface area contributed by atoms with E-state index in [1.54, 1.807) is 7.11 Å². The summed E-state index contributed by atoms with van der Waals surface area (Å²) in [6, 6.07) is 5.03. The first kappa shape index (κ1) is 8.81. The first-order valence-corrected chi connectivity index (χ1v) is 4.28. The van der Waals surface area contributed by atoms with E-state index in [1.165, 1.54) is 12.3 Å². The molecule has 0 bridgehead atoms. The molecular formula is C11H10O3. The van der Waals surface area contributed by atoms with Crippen LogP contribution in [-0.4, -0.2) is 7.11 Å². The Bertz CT molecular complexity index is 526. The summed E-state index contributed by atoms with van der Waals surface area (Å²) in [4.78, 5) is 11.5. The minimum atomic E-state index is -0.0805. The third kappa shape index (κ3) is 1.27. The van der Waals surface area contributed by atoms with Gasteiger partial charge in [-0.2, -0.15) is 0 Å². The number of ether oxygens (including phenoxy) is 1. The fraction of sp³-hybridized carbons (Fsp3) is 0.182. The molecular weight excluding hydrogens is 180 g/mol. The van der Waals surface area contributed by atoms with Crippen molar-refractivity contribution in [3.8, 4) is 5.75 Å². The maximum Gasteiger partial charge on any atom is 0.196 e. The van der Waals surface area contributed by atoms with Crippen LogP contribution < -0.4 is 10.2 Å². The highest BCUT2D eigenvalue weighted by Gasteiger charge is 2.07. The summed E-state index contributed by atoms with van der Waals surface area (Å²) in [6.45, 7) is 1.93. The number of methoxy groups -OCH3 is 1. The molecule has 3 heteroatoms. The van der Waals surface area contributed by atoms with Gasteiger partial charge >= 0.3 is 0 Å². The summed E-state index contributed by atoms with van der Waals surface area (Å²) >= 11 is 0. The summed E-state index contributed by atoms with van der Waals surface area (Å²) in [7, 11) is 1.54. The van der Waals surface area contributed by atoms with Gasteiger partial charge < -0.3 is 9.15 Å². The zero-order chi connectivity index (χ0) is 10.1. The molecule has 3 nitrogen and oxygen atoms in total. The van der Waals surface area contributed by atoms with Gasteiger partial charge in [-0.3, -0.25) is 4.79 Å². The van der Waals surface area contributed by atoms with Crippen LogP contribution in [0.25, 0.3) is 11.0 Å². The number of hydrogen-bond acceptors (Lipinski definition) is 3. The molecule has 0 saturated carbocycles. The van der Waals surface area contributed by atoms with Crippen LogP contribution >= 0.6 is 0 Å². The highest BCUT2D eigenvalue weighted by atomic mass is 16.5. The van der Waals surface area contributed by atoms with E-state index in [0.717, 1.165) is 5.56 Å². The molecule has 0 spiro atoms. The summed E-state index contributed by atoms with van der Waals surface area (Å²) in [6.07, 6.45) is 1.39. The van der Waals surface area contributed by atoms with Crippen molar-refractivity contribution in [1.29, 1.82) is 0 Å². The molecule has 2 rings (SSSR count). The SMILES string of the molecule is COc1cc(C)cc2occc(=O)c12. The number of hydrogen-bond donors (Lipinski definition) is 0. The molecule has 14 heavy (non-hydrogen) atoms. The molecule has 0 aliphatic heterocycles. The third-order valence-electron chi connectivity index (χ3n) is 2.09. The molecule has 1 aromatic carbocycles. The predicted molar refractivity (Wildman–Crippen MR) is 53.8 cm³/mol. The van der Waals surface area contributed by atoms with Crippen molar-refractivity contribution < 1.29 is 9.15 Å². The summed E-state index contributed by atoms with van der Waals surface area (Å²) in [5.41, 5.74) is 1.49. The van der Waals surface area contributed by atoms with Gasteiger partial charge in [0, 0.05) is 6.07 Å². The Morgan fingerprint density at radius 3 is 2.86 bits per heavy atom. The molecule has 2 aromatic rings. The van der Waals surface area contributed by atoms with Crippen molar-refractivity contribution in [3.05, 3.63) is 40.2 Å². The van der Waals surface area contributed by atoms with E-state index in [-0.39, 0.29) is 5.43 Å². The van der Waals surface area contributed by atoms with Gasteiger partial charge in [0.05, 0.1) is 13.4 Å². The van der Waals surface area contributed by atoms with E-state index < -0.39 is 0 Å². The summed E-state index contributed by atoms with van der Waals surface area (Å²) < 4.78 is 10.4. The van der Waals surface area contributed by atoms with Gasteiger partial charge in [0.1, 0.15) is 16.7 Å². The van der Waals surface area contributed by atoms with Gasteiger partial charge in [0.2, 0.25) is 0 Å². The number of aryl methyl sites for hydroxylation is 1. The Balaban J connectivity index is 2.96. The monoisotopic (exact) mass is 190 g/mol. The van der Waals surface area contributed by atoms with E-state index in [2.05, 4.69) is 0 Å². The second kappa shape index (κ2) is 3.18. The fourth-order valence-corrected chi connectivity index (χ4v) is 1.47. The van der Waals surface area contributed by atoms with Crippen LogP contribution in [0, 0.1) is 6.92 Å². The van der Waals surface area contributed by atoms with Crippen molar-refractivity contribution in [2.45, 2.75) is 6.92 Å². The molecule has 0 atom stereocenters. The quantitative estimate of drug-likeness (QED) is 0.691. The predicted octanol–water partition coefficient (Wildman–Crippen LogP) is 2.11. The Hall–Kier alpha value is -1.77. The van der Waals surface area contributed by atoms with Crippen molar-refractivity contribution in [2.24, 2.45) is 0 Å². The van der Waals surface area contributed by atoms with Crippen LogP contribution in [0.5, 0.6) is 5.75 Å². The lowest BCUT2D eigenvalue weighted by Crippen LogP contribution is -2.01. The molecule has 0 saturated heterocycles. The minimum absolute atomic E-state index is 0.0805. The second-order valence-electron chi connectivity index (χ2n) is 3.13. The number of benzene rings is 1. The normalized spacial score (nSPS) is 10.4. The van der Waals surface area contributed by atoms with Crippen molar-refractivity contribution in [2.75, 3.05) is 7.11 Å². The molecule has 0 fully saturated rings. The lowest BCUT2D eigenvalue weighted by molar-refractivity contribution is 0.418. The van der Waals surface area contributed by atoms with Crippen LogP contribution in [0.2, 0.25) is 0 Å². The molecule has 0 aliphatic rings. The highest BCUT2D eigenvalue weighted by Crippen LogP contribution is 2.23. The Labute approximate surface area is 80.9 Å². The molecule has 0 unspecified atom stereocenters. The third-order valence-corrected chi connectivity index (χ3v) is 2.09. The van der Waals surface area contributed by atoms with Gasteiger partial charge in [-0.1, -0.05) is 0 Å². The van der Waals surface area contributed by atoms with Crippen LogP contribution in [0.15, 0.2) is 33.7 Å². The lowest BCUT2D eigenvalue weighted by Gasteiger charge is -2.04. The van der Waals surface area contributed by atoms with E-state index >= 15 is 0 Å². The van der Waals surface area contributed by atoms with Gasteiger partial charge in [-0.15, -0.1) is 0 Å². The first-order valence-electron chi connectivity index (χ1n) is 4.28. The molecule has 72 valence electrons. The van der Waals surface area contributed by atoms with Gasteiger partial charge in [-0.05, 0) is 24.6 Å². The van der Waals surface area contributed by atoms with Gasteiger partial charge in [0.15, 0.2) is 5.43 Å². The summed E-state index contributed by atoms with van der Waals surface area (Å²) in [5.74, 6) is 0.564. The lowest BCUT2D eigenvalue weighted by atomic mass is 10.1. The smallest absolute Gasteiger partial charge is 0.196 e. The molecule has 0 amide bonds. The first-order chi connectivity index (χ1) is 6.72. The molecule has 0 N–H and O–H groups in total. The molecule has 1 heterocycles. The number of rotatable bonds is 1. The Kier molecular flexibility index (Phi) is 2.00. The molecule has 0 radical (unpaired) electrons. The van der Waals surface area contributed by atoms with Crippen LogP contribution in [0.4, 0.5) is 0 Å². The van der Waals surface area contributed by atoms with Crippen LogP contribution in [0.3, 0.4) is 0 Å². The van der Waals surface area contributed by atoms with Crippen molar-refractivity contribution in [3.63, 3.8) is 0 Å². The Morgan fingerprint density at radius 1 is 1.36 bits per heavy atom. The zero-order valence-corrected chi connectivity index (χ0v) is 8.03. The average Bonchev–Trinajstić information content (AvgIpc) is 2.16. The van der Waals surface area contributed by atoms with E-state index in [9.17, 15) is 4.79 Å². The zero-order valence-electron chi connectivity index (χ0n) is 8.03. The molecule has 1 aromatic heterocycles. The van der Waals surface area contributed by atoms with Gasteiger partial charge in [-0.25, -0.2) is 0 Å². The van der Waals surface area contributed by atoms with Crippen LogP contribution in [0.1, 0.15) is 5.56 Å². The minimum Gasteiger partial charge on any atom is -0.496 e. The second-order valence-corrected chi connectivity index (χ2v) is 3.13. The van der Waals surface area contributed by atoms with Crippen LogP contribution in [-0.2, 0) is 0 Å². The van der Waals surface area contributed by atoms with Gasteiger partial charge in [0.25, 0.3) is 0 Å². The Morgan fingerprint density at radius 2 is 2.14 bits per heavy atom. The van der Waals surface area contributed by atoms with Crippen molar-refractivity contribution in [1.82, 2.24) is 0 Å².